The average Bonchev–Trinajstić information content (AvgIpc) is 2.35. The van der Waals surface area contributed by atoms with Crippen molar-refractivity contribution in [2.24, 2.45) is 0 Å². The summed E-state index contributed by atoms with van der Waals surface area (Å²) in [5, 5.41) is 5.66. The third-order valence-electron chi connectivity index (χ3n) is 2.35. The molecule has 0 aliphatic heterocycles. The number of ether oxygens (including phenoxy) is 2. The van der Waals surface area contributed by atoms with Crippen molar-refractivity contribution >= 4 is 11.9 Å². The van der Waals surface area contributed by atoms with Crippen LogP contribution >= 0.6 is 0 Å². The highest BCUT2D eigenvalue weighted by molar-refractivity contribution is 5.82. The topological polar surface area (TPSA) is 76.7 Å². The maximum atomic E-state index is 12.0. The number of hydrogen-bond acceptors (Lipinski definition) is 5. The van der Waals surface area contributed by atoms with E-state index in [0.29, 0.717) is 13.2 Å². The smallest absolute Gasteiger partial charge is 0.319 e. The lowest BCUT2D eigenvalue weighted by molar-refractivity contribution is -0.142. The molecule has 0 rings (SSSR count). The van der Waals surface area contributed by atoms with E-state index in [1.54, 1.807) is 6.92 Å². The standard InChI is InChI=1S/C14H28N2O4/c1-6-8-15-13(18)11(10-20-14(3,4)5)16-9-12(17)19-7-2/h11,16H,6-10H2,1-5H3,(H,15,18)/t11-/m0/s1. The third-order valence-corrected chi connectivity index (χ3v) is 2.35. The summed E-state index contributed by atoms with van der Waals surface area (Å²) in [6.45, 7) is 10.6. The van der Waals surface area contributed by atoms with Crippen LogP contribution in [-0.4, -0.2) is 49.8 Å². The van der Waals surface area contributed by atoms with Crippen LogP contribution in [0.25, 0.3) is 0 Å². The van der Waals surface area contributed by atoms with Crippen LogP contribution in [0.2, 0.25) is 0 Å². The van der Waals surface area contributed by atoms with Crippen molar-refractivity contribution in [2.75, 3.05) is 26.3 Å². The average molecular weight is 288 g/mol. The Hall–Kier alpha value is -1.14. The van der Waals surface area contributed by atoms with Crippen LogP contribution in [0.4, 0.5) is 0 Å². The van der Waals surface area contributed by atoms with Crippen molar-refractivity contribution in [3.05, 3.63) is 0 Å². The molecule has 0 heterocycles. The molecule has 0 aromatic rings. The van der Waals surface area contributed by atoms with Gasteiger partial charge < -0.3 is 14.8 Å². The van der Waals surface area contributed by atoms with Gasteiger partial charge in [-0.2, -0.15) is 0 Å². The van der Waals surface area contributed by atoms with E-state index in [1.165, 1.54) is 0 Å². The van der Waals surface area contributed by atoms with Gasteiger partial charge in [0.05, 0.1) is 25.4 Å². The maximum absolute atomic E-state index is 12.0. The zero-order chi connectivity index (χ0) is 15.6. The molecule has 0 saturated carbocycles. The summed E-state index contributed by atoms with van der Waals surface area (Å²) >= 11 is 0. The minimum atomic E-state index is -0.565. The quantitative estimate of drug-likeness (QED) is 0.615. The summed E-state index contributed by atoms with van der Waals surface area (Å²) in [6, 6.07) is -0.565. The number of carbonyl (C=O) groups excluding carboxylic acids is 2. The third kappa shape index (κ3) is 9.75. The number of carbonyl (C=O) groups is 2. The predicted octanol–water partition coefficient (Wildman–Crippen LogP) is 0.849. The monoisotopic (exact) mass is 288 g/mol. The fourth-order valence-corrected chi connectivity index (χ4v) is 1.35. The summed E-state index contributed by atoms with van der Waals surface area (Å²) < 4.78 is 10.4. The van der Waals surface area contributed by atoms with Gasteiger partial charge in [0.2, 0.25) is 5.91 Å². The van der Waals surface area contributed by atoms with E-state index in [2.05, 4.69) is 10.6 Å². The normalized spacial score (nSPS) is 12.8. The molecule has 0 fully saturated rings. The summed E-state index contributed by atoms with van der Waals surface area (Å²) in [6.07, 6.45) is 0.858. The lowest BCUT2D eigenvalue weighted by Crippen LogP contribution is -2.50. The molecule has 6 nitrogen and oxygen atoms in total. The van der Waals surface area contributed by atoms with E-state index in [0.717, 1.165) is 6.42 Å². The molecule has 0 unspecified atom stereocenters. The molecule has 0 aromatic heterocycles. The Morgan fingerprint density at radius 2 is 1.85 bits per heavy atom. The molecule has 2 N–H and O–H groups in total. The highest BCUT2D eigenvalue weighted by atomic mass is 16.5. The van der Waals surface area contributed by atoms with Crippen LogP contribution in [0.1, 0.15) is 41.0 Å². The second kappa shape index (κ2) is 9.72. The highest BCUT2D eigenvalue weighted by Gasteiger charge is 2.22. The van der Waals surface area contributed by atoms with Gasteiger partial charge in [0, 0.05) is 6.54 Å². The molecule has 0 radical (unpaired) electrons. The van der Waals surface area contributed by atoms with Crippen LogP contribution in [0.3, 0.4) is 0 Å². The number of nitrogens with one attached hydrogen (secondary N) is 2. The van der Waals surface area contributed by atoms with E-state index in [4.69, 9.17) is 9.47 Å². The van der Waals surface area contributed by atoms with Crippen LogP contribution in [0, 0.1) is 0 Å². The van der Waals surface area contributed by atoms with Gasteiger partial charge in [0.25, 0.3) is 0 Å². The fourth-order valence-electron chi connectivity index (χ4n) is 1.35. The zero-order valence-electron chi connectivity index (χ0n) is 13.2. The van der Waals surface area contributed by atoms with Crippen molar-refractivity contribution in [1.82, 2.24) is 10.6 Å². The first-order chi connectivity index (χ1) is 9.30. The van der Waals surface area contributed by atoms with Gasteiger partial charge in [-0.25, -0.2) is 0 Å². The van der Waals surface area contributed by atoms with E-state index >= 15 is 0 Å². The number of hydrogen-bond donors (Lipinski definition) is 2. The van der Waals surface area contributed by atoms with Gasteiger partial charge in [0.15, 0.2) is 0 Å². The van der Waals surface area contributed by atoms with Gasteiger partial charge in [-0.15, -0.1) is 0 Å². The lowest BCUT2D eigenvalue weighted by Gasteiger charge is -2.24. The van der Waals surface area contributed by atoms with Crippen LogP contribution in [0.5, 0.6) is 0 Å². The Kier molecular flexibility index (Phi) is 9.16. The van der Waals surface area contributed by atoms with E-state index in [1.807, 2.05) is 27.7 Å². The van der Waals surface area contributed by atoms with Crippen LogP contribution in [-0.2, 0) is 19.1 Å². The van der Waals surface area contributed by atoms with Crippen LogP contribution in [0.15, 0.2) is 0 Å². The van der Waals surface area contributed by atoms with Crippen molar-refractivity contribution in [3.63, 3.8) is 0 Å². The minimum Gasteiger partial charge on any atom is -0.465 e. The van der Waals surface area contributed by atoms with Gasteiger partial charge >= 0.3 is 5.97 Å². The first-order valence-corrected chi connectivity index (χ1v) is 7.10. The number of amides is 1. The van der Waals surface area contributed by atoms with Gasteiger partial charge in [-0.1, -0.05) is 6.92 Å². The molecule has 0 bridgehead atoms. The molecule has 0 saturated heterocycles. The molecule has 118 valence electrons. The first kappa shape index (κ1) is 18.9. The Bertz CT molecular complexity index is 300. The lowest BCUT2D eigenvalue weighted by atomic mass is 10.2. The summed E-state index contributed by atoms with van der Waals surface area (Å²) in [4.78, 5) is 23.3. The molecule has 20 heavy (non-hydrogen) atoms. The number of esters is 1. The van der Waals surface area contributed by atoms with E-state index in [9.17, 15) is 9.59 Å². The Morgan fingerprint density at radius 3 is 2.35 bits per heavy atom. The van der Waals surface area contributed by atoms with Crippen molar-refractivity contribution in [1.29, 1.82) is 0 Å². The largest absolute Gasteiger partial charge is 0.465 e. The number of rotatable bonds is 9. The van der Waals surface area contributed by atoms with Crippen molar-refractivity contribution in [2.45, 2.75) is 52.7 Å². The molecule has 0 aliphatic carbocycles. The van der Waals surface area contributed by atoms with Gasteiger partial charge in [-0.05, 0) is 34.1 Å². The van der Waals surface area contributed by atoms with E-state index < -0.39 is 6.04 Å². The van der Waals surface area contributed by atoms with Gasteiger partial charge in [-0.3, -0.25) is 14.9 Å². The highest BCUT2D eigenvalue weighted by Crippen LogP contribution is 2.07. The van der Waals surface area contributed by atoms with Crippen molar-refractivity contribution < 1.29 is 19.1 Å². The Morgan fingerprint density at radius 1 is 1.20 bits per heavy atom. The summed E-state index contributed by atoms with van der Waals surface area (Å²) in [7, 11) is 0. The second-order valence-electron chi connectivity index (χ2n) is 5.45. The Labute approximate surface area is 121 Å². The molecule has 0 aromatic carbocycles. The molecule has 0 aliphatic rings. The molecular formula is C14H28N2O4. The minimum absolute atomic E-state index is 0.00838. The zero-order valence-corrected chi connectivity index (χ0v) is 13.2. The Balaban J connectivity index is 4.38. The predicted molar refractivity (Wildman–Crippen MR) is 77.4 cm³/mol. The summed E-state index contributed by atoms with van der Waals surface area (Å²) in [5.41, 5.74) is -0.338. The second-order valence-corrected chi connectivity index (χ2v) is 5.45. The molecule has 6 heteroatoms. The van der Waals surface area contributed by atoms with Crippen LogP contribution < -0.4 is 10.6 Å². The molecule has 0 spiro atoms. The molecular weight excluding hydrogens is 260 g/mol. The summed E-state index contributed by atoms with van der Waals surface area (Å²) in [5.74, 6) is -0.544. The fraction of sp³-hybridized carbons (Fsp3) is 0.857. The first-order valence-electron chi connectivity index (χ1n) is 7.10. The van der Waals surface area contributed by atoms with Gasteiger partial charge in [0.1, 0.15) is 6.04 Å². The molecule has 1 atom stereocenters. The SMILES string of the molecule is CCCNC(=O)[C@H](COC(C)(C)C)NCC(=O)OCC. The van der Waals surface area contributed by atoms with E-state index in [-0.39, 0.29) is 30.6 Å². The maximum Gasteiger partial charge on any atom is 0.319 e. The molecule has 1 amide bonds. The van der Waals surface area contributed by atoms with Crippen molar-refractivity contribution in [3.8, 4) is 0 Å².